The number of halogens is 3. The zero-order chi connectivity index (χ0) is 36.3. The van der Waals surface area contributed by atoms with E-state index in [4.69, 9.17) is 27.6 Å². The average Bonchev–Trinajstić information content (AvgIpc) is 3.73. The molecule has 6 unspecified atom stereocenters. The molecule has 3 fully saturated rings. The van der Waals surface area contributed by atoms with Crippen LogP contribution in [0.4, 0.5) is 15.8 Å². The van der Waals surface area contributed by atoms with Gasteiger partial charge in [0.1, 0.15) is 17.1 Å². The third kappa shape index (κ3) is 4.31. The lowest BCUT2D eigenvalue weighted by Crippen LogP contribution is -2.60. The predicted octanol–water partition coefficient (Wildman–Crippen LogP) is 7.42. The van der Waals surface area contributed by atoms with Crippen LogP contribution in [0.5, 0.6) is 5.75 Å². The van der Waals surface area contributed by atoms with Crippen molar-refractivity contribution >= 4 is 69.3 Å². The Bertz CT molecular complexity index is 2380. The van der Waals surface area contributed by atoms with Crippen molar-refractivity contribution in [3.05, 3.63) is 120 Å². The van der Waals surface area contributed by atoms with Gasteiger partial charge in [0.15, 0.2) is 15.3 Å². The molecule has 1 saturated carbocycles. The number of para-hydroxylation sites is 3. The van der Waals surface area contributed by atoms with Gasteiger partial charge in [0.2, 0.25) is 17.7 Å². The van der Waals surface area contributed by atoms with E-state index in [0.717, 1.165) is 21.9 Å². The number of imide groups is 2. The summed E-state index contributed by atoms with van der Waals surface area (Å²) in [6, 6.07) is 24.0. The first-order valence-corrected chi connectivity index (χ1v) is 17.5. The Morgan fingerprint density at radius 1 is 0.827 bits per heavy atom. The number of alkyl halides is 2. The second-order valence-corrected chi connectivity index (χ2v) is 15.1. The van der Waals surface area contributed by atoms with Gasteiger partial charge in [0.05, 0.1) is 23.2 Å². The van der Waals surface area contributed by atoms with Gasteiger partial charge in [0.25, 0.3) is 11.8 Å². The van der Waals surface area contributed by atoms with Gasteiger partial charge < -0.3 is 9.52 Å². The van der Waals surface area contributed by atoms with E-state index in [2.05, 4.69) is 4.98 Å². The Balaban J connectivity index is 1.12. The lowest BCUT2D eigenvalue weighted by molar-refractivity contribution is -0.125. The number of benzene rings is 4. The zero-order valence-corrected chi connectivity index (χ0v) is 28.9. The van der Waals surface area contributed by atoms with Gasteiger partial charge in [-0.25, -0.2) is 14.3 Å². The maximum absolute atomic E-state index is 14.5. The van der Waals surface area contributed by atoms with Gasteiger partial charge in [-0.2, -0.15) is 0 Å². The number of carbonyl (C=O) groups excluding carboxylic acids is 4. The molecule has 6 atom stereocenters. The van der Waals surface area contributed by atoms with E-state index in [1.54, 1.807) is 49.4 Å². The number of phenolic OH excluding ortho intramolecular Hbond substituents is 1. The van der Waals surface area contributed by atoms with E-state index in [1.807, 2.05) is 30.3 Å². The van der Waals surface area contributed by atoms with Crippen molar-refractivity contribution in [3.63, 3.8) is 0 Å². The first-order chi connectivity index (χ1) is 24.9. The number of aryl methyl sites for hydroxylation is 1. The summed E-state index contributed by atoms with van der Waals surface area (Å²) in [5.41, 5.74) is 3.73. The molecule has 2 aliphatic heterocycles. The minimum absolute atomic E-state index is 0.0764. The van der Waals surface area contributed by atoms with E-state index in [1.165, 1.54) is 12.1 Å². The van der Waals surface area contributed by atoms with Crippen LogP contribution in [0.2, 0.25) is 0 Å². The number of phenols is 1. The Hall–Kier alpha value is -5.32. The topological polar surface area (TPSA) is 121 Å². The molecule has 5 aromatic rings. The summed E-state index contributed by atoms with van der Waals surface area (Å²) >= 11 is 14.8. The number of oxazole rings is 1. The van der Waals surface area contributed by atoms with Gasteiger partial charge in [-0.05, 0) is 91.9 Å². The predicted molar refractivity (Wildman–Crippen MR) is 191 cm³/mol. The van der Waals surface area contributed by atoms with Gasteiger partial charge in [0, 0.05) is 17.0 Å². The Morgan fingerprint density at radius 2 is 1.52 bits per heavy atom. The molecule has 1 aromatic heterocycles. The van der Waals surface area contributed by atoms with Crippen LogP contribution < -0.4 is 9.80 Å². The molecular weight excluding hydrogens is 708 g/mol. The minimum Gasteiger partial charge on any atom is -0.507 e. The molecule has 3 heterocycles. The summed E-state index contributed by atoms with van der Waals surface area (Å²) in [6.45, 7) is 1.69. The Labute approximate surface area is 306 Å². The third-order valence-electron chi connectivity index (χ3n) is 11.1. The number of hydrogen-bond acceptors (Lipinski definition) is 7. The van der Waals surface area contributed by atoms with E-state index in [0.29, 0.717) is 39.4 Å². The van der Waals surface area contributed by atoms with Crippen molar-refractivity contribution in [2.45, 2.75) is 35.4 Å². The number of aromatic nitrogens is 1. The van der Waals surface area contributed by atoms with Crippen molar-refractivity contribution < 1.29 is 33.1 Å². The number of rotatable bonds is 4. The molecule has 260 valence electrons. The molecule has 0 radical (unpaired) electrons. The van der Waals surface area contributed by atoms with Crippen LogP contribution in [-0.2, 0) is 19.2 Å². The fourth-order valence-corrected chi connectivity index (χ4v) is 9.59. The highest BCUT2D eigenvalue weighted by atomic mass is 35.5. The molecule has 1 N–H and O–H groups in total. The number of aromatic hydroxyl groups is 1. The number of hydrogen-bond donors (Lipinski definition) is 1. The molecule has 2 saturated heterocycles. The molecule has 52 heavy (non-hydrogen) atoms. The molecule has 9 rings (SSSR count). The lowest BCUT2D eigenvalue weighted by Gasteiger charge is -2.50. The first-order valence-electron chi connectivity index (χ1n) is 16.8. The fraction of sp³-hybridized carbons (Fsp3) is 0.225. The van der Waals surface area contributed by atoms with Crippen LogP contribution in [0.3, 0.4) is 0 Å². The highest BCUT2D eigenvalue weighted by Gasteiger charge is 2.77. The smallest absolute Gasteiger partial charge is 0.258 e. The summed E-state index contributed by atoms with van der Waals surface area (Å²) in [7, 11) is 0. The van der Waals surface area contributed by atoms with Gasteiger partial charge in [-0.3, -0.25) is 24.1 Å². The molecule has 12 heteroatoms. The summed E-state index contributed by atoms with van der Waals surface area (Å²) in [6.07, 6.45) is 1.73. The minimum atomic E-state index is -2.15. The fourth-order valence-electron chi connectivity index (χ4n) is 8.66. The van der Waals surface area contributed by atoms with Crippen molar-refractivity contribution in [1.29, 1.82) is 0 Å². The van der Waals surface area contributed by atoms with Gasteiger partial charge in [-0.1, -0.05) is 42.0 Å². The largest absolute Gasteiger partial charge is 0.507 e. The second-order valence-electron chi connectivity index (χ2n) is 13.8. The highest BCUT2D eigenvalue weighted by molar-refractivity contribution is 6.58. The van der Waals surface area contributed by atoms with Crippen LogP contribution in [0.1, 0.15) is 29.9 Å². The number of anilines is 2. The second kappa shape index (κ2) is 11.3. The number of amides is 4. The van der Waals surface area contributed by atoms with E-state index < -0.39 is 62.9 Å². The van der Waals surface area contributed by atoms with Crippen molar-refractivity contribution in [2.75, 3.05) is 9.80 Å². The number of nitrogens with zero attached hydrogens (tertiary/aromatic N) is 3. The van der Waals surface area contributed by atoms with Crippen LogP contribution >= 0.6 is 23.2 Å². The summed E-state index contributed by atoms with van der Waals surface area (Å²) in [4.78, 5) is 59.9. The molecular formula is C40H28Cl2FN3O6. The summed E-state index contributed by atoms with van der Waals surface area (Å²) in [5, 5.41) is 11.4. The average molecular weight is 737 g/mol. The van der Waals surface area contributed by atoms with Crippen LogP contribution in [0, 0.1) is 30.5 Å². The lowest BCUT2D eigenvalue weighted by atomic mass is 9.56. The van der Waals surface area contributed by atoms with Crippen molar-refractivity contribution in [2.24, 2.45) is 17.8 Å². The molecule has 4 aromatic carbocycles. The molecule has 2 aliphatic carbocycles. The van der Waals surface area contributed by atoms with E-state index in [-0.39, 0.29) is 29.8 Å². The first kappa shape index (κ1) is 32.6. The molecule has 9 nitrogen and oxygen atoms in total. The van der Waals surface area contributed by atoms with Gasteiger partial charge >= 0.3 is 0 Å². The number of fused-ring (bicyclic) bond motifs is 5. The highest BCUT2D eigenvalue weighted by Crippen LogP contribution is 2.66. The molecule has 0 spiro atoms. The summed E-state index contributed by atoms with van der Waals surface area (Å²) in [5.74, 6) is -6.49. The maximum Gasteiger partial charge on any atom is 0.258 e. The zero-order valence-electron chi connectivity index (χ0n) is 27.4. The van der Waals surface area contributed by atoms with E-state index >= 15 is 0 Å². The van der Waals surface area contributed by atoms with Crippen LogP contribution in [0.25, 0.3) is 22.6 Å². The van der Waals surface area contributed by atoms with Crippen LogP contribution in [-0.4, -0.2) is 43.5 Å². The Kier molecular flexibility index (Phi) is 7.10. The standard InChI is InChI=1S/C40H28Cl2FN3O6/c1-20-5-4-6-27(33(20)47)32-25-17-18-26-31(28(25)19-39(41)37(50)46(38(51)40(32,39)42)24-15-11-22(43)12-16-24)36(49)45(35(26)48)23-13-9-21(10-14-23)34-44-29-7-2-3-8-30(29)52-34/h2-17,26,28,31-32,47H,18-19H2,1H3. The van der Waals surface area contributed by atoms with E-state index in [9.17, 15) is 28.7 Å². The number of allylic oxidation sites excluding steroid dienone is 2. The quantitative estimate of drug-likeness (QED) is 0.116. The third-order valence-corrected chi connectivity index (χ3v) is 12.6. The normalized spacial score (nSPS) is 28.3. The van der Waals surface area contributed by atoms with Gasteiger partial charge in [-0.15, -0.1) is 23.2 Å². The molecule has 0 bridgehead atoms. The SMILES string of the molecule is Cc1cccc(C2C3=CCC4C(=O)N(c5ccc(-c6nc7ccccc7o6)cc5)C(=O)C4C3CC3(Cl)C(=O)N(c4ccc(F)cc4)C(=O)C23Cl)c1O. The summed E-state index contributed by atoms with van der Waals surface area (Å²) < 4.78 is 19.8. The number of carbonyl (C=O) groups is 4. The Morgan fingerprint density at radius 3 is 2.25 bits per heavy atom. The van der Waals surface area contributed by atoms with Crippen molar-refractivity contribution in [1.82, 2.24) is 4.98 Å². The monoisotopic (exact) mass is 735 g/mol. The molecule has 4 aliphatic rings. The van der Waals surface area contributed by atoms with Crippen molar-refractivity contribution in [3.8, 4) is 17.2 Å². The maximum atomic E-state index is 14.5. The van der Waals surface area contributed by atoms with Crippen LogP contribution in [0.15, 0.2) is 107 Å². The molecule has 4 amide bonds.